The Balaban J connectivity index is 3.34. The molecule has 16 heavy (non-hydrogen) atoms. The number of carbonyl (C=O) groups is 1. The second-order valence-corrected chi connectivity index (χ2v) is 4.58. The fraction of sp³-hybridized carbons (Fsp3) is 0.333. The van der Waals surface area contributed by atoms with E-state index in [2.05, 4.69) is 20.9 Å². The summed E-state index contributed by atoms with van der Waals surface area (Å²) in [6.07, 6.45) is -1.46. The zero-order chi connectivity index (χ0) is 12.3. The van der Waals surface area contributed by atoms with E-state index in [0.29, 0.717) is 0 Å². The van der Waals surface area contributed by atoms with E-state index in [1.807, 2.05) is 0 Å². The summed E-state index contributed by atoms with van der Waals surface area (Å²) < 4.78 is 30.6. The molecule has 3 nitrogen and oxygen atoms in total. The molecule has 0 aromatic carbocycles. The summed E-state index contributed by atoms with van der Waals surface area (Å²) in [7, 11) is 0. The second kappa shape index (κ2) is 5.85. The van der Waals surface area contributed by atoms with E-state index < -0.39 is 18.0 Å². The summed E-state index contributed by atoms with van der Waals surface area (Å²) >= 11 is 4.68. The normalized spacial score (nSPS) is 10.6. The Labute approximate surface area is 113 Å². The highest BCUT2D eigenvalue weighted by atomic mass is 127. The van der Waals surface area contributed by atoms with Gasteiger partial charge in [0.1, 0.15) is 3.70 Å². The van der Waals surface area contributed by atoms with E-state index in [1.165, 1.54) is 6.20 Å². The summed E-state index contributed by atoms with van der Waals surface area (Å²) in [5.74, 6) is -0.773. The predicted octanol–water partition coefficient (Wildman–Crippen LogP) is 3.56. The number of ether oxygens (including phenoxy) is 1. The van der Waals surface area contributed by atoms with Gasteiger partial charge in [-0.3, -0.25) is 0 Å². The minimum absolute atomic E-state index is 0.0962. The van der Waals surface area contributed by atoms with E-state index in [4.69, 9.17) is 4.74 Å². The van der Waals surface area contributed by atoms with E-state index in [1.54, 1.807) is 29.5 Å². The maximum Gasteiger partial charge on any atom is 0.339 e. The number of alkyl halides is 2. The zero-order valence-corrected chi connectivity index (χ0v) is 11.9. The van der Waals surface area contributed by atoms with Crippen LogP contribution in [0.4, 0.5) is 8.78 Å². The molecule has 0 saturated carbocycles. The summed E-state index contributed by atoms with van der Waals surface area (Å²) in [4.78, 5) is 15.3. The number of nitrogens with zero attached hydrogens (tertiary/aromatic N) is 1. The monoisotopic (exact) mass is 405 g/mol. The Morgan fingerprint density at radius 1 is 1.69 bits per heavy atom. The Morgan fingerprint density at radius 2 is 2.31 bits per heavy atom. The lowest BCUT2D eigenvalue weighted by Crippen LogP contribution is -2.12. The molecule has 1 rings (SSSR count). The van der Waals surface area contributed by atoms with Crippen LogP contribution in [0.25, 0.3) is 0 Å². The van der Waals surface area contributed by atoms with Crippen molar-refractivity contribution in [3.05, 3.63) is 25.5 Å². The molecule has 0 N–H and O–H groups in total. The smallest absolute Gasteiger partial charge is 0.339 e. The van der Waals surface area contributed by atoms with Gasteiger partial charge in [0.25, 0.3) is 6.43 Å². The van der Waals surface area contributed by atoms with Gasteiger partial charge in [-0.15, -0.1) is 0 Å². The molecule has 0 aliphatic carbocycles. The molecule has 0 saturated heterocycles. The van der Waals surface area contributed by atoms with Crippen LogP contribution in [-0.2, 0) is 4.74 Å². The third-order valence-electron chi connectivity index (χ3n) is 1.72. The van der Waals surface area contributed by atoms with Crippen molar-refractivity contribution in [2.24, 2.45) is 0 Å². The molecule has 0 amide bonds. The molecule has 0 spiro atoms. The van der Waals surface area contributed by atoms with Gasteiger partial charge < -0.3 is 4.74 Å². The molecule has 0 aliphatic heterocycles. The maximum atomic E-state index is 12.8. The molecule has 0 aliphatic rings. The largest absolute Gasteiger partial charge is 0.462 e. The average Bonchev–Trinajstić information content (AvgIpc) is 2.20. The van der Waals surface area contributed by atoms with Crippen molar-refractivity contribution in [2.45, 2.75) is 13.3 Å². The van der Waals surface area contributed by atoms with Gasteiger partial charge in [-0.2, -0.15) is 0 Å². The van der Waals surface area contributed by atoms with Crippen molar-refractivity contribution in [1.82, 2.24) is 4.98 Å². The van der Waals surface area contributed by atoms with E-state index in [0.717, 1.165) is 0 Å². The van der Waals surface area contributed by atoms with Crippen LogP contribution >= 0.6 is 38.5 Å². The standard InChI is InChI=1S/C9H7BrF2INO2/c1-2-16-9(15)5-4(10)3-14-8(13)6(5)7(11)12/h3,7H,2H2,1H3. The zero-order valence-electron chi connectivity index (χ0n) is 8.14. The molecular formula is C9H7BrF2INO2. The van der Waals surface area contributed by atoms with Gasteiger partial charge >= 0.3 is 5.97 Å². The molecular weight excluding hydrogens is 399 g/mol. The SMILES string of the molecule is CCOC(=O)c1c(Br)cnc(I)c1C(F)F. The Morgan fingerprint density at radius 3 is 2.81 bits per heavy atom. The summed E-state index contributed by atoms with van der Waals surface area (Å²) in [5, 5.41) is 0. The first kappa shape index (κ1) is 13.8. The molecule has 1 heterocycles. The molecule has 0 bridgehead atoms. The maximum absolute atomic E-state index is 12.8. The van der Waals surface area contributed by atoms with Crippen molar-refractivity contribution in [3.8, 4) is 0 Å². The van der Waals surface area contributed by atoms with E-state index in [9.17, 15) is 13.6 Å². The van der Waals surface area contributed by atoms with Gasteiger partial charge in [-0.05, 0) is 45.4 Å². The fourth-order valence-electron chi connectivity index (χ4n) is 1.09. The number of hydrogen-bond acceptors (Lipinski definition) is 3. The Kier molecular flexibility index (Phi) is 5.03. The first-order chi connectivity index (χ1) is 7.49. The topological polar surface area (TPSA) is 39.2 Å². The molecule has 0 radical (unpaired) electrons. The Hall–Kier alpha value is -0.310. The first-order valence-electron chi connectivity index (χ1n) is 4.28. The third-order valence-corrected chi connectivity index (χ3v) is 3.18. The van der Waals surface area contributed by atoms with E-state index in [-0.39, 0.29) is 20.3 Å². The van der Waals surface area contributed by atoms with Gasteiger partial charge in [0, 0.05) is 6.20 Å². The lowest BCUT2D eigenvalue weighted by Gasteiger charge is -2.11. The van der Waals surface area contributed by atoms with E-state index >= 15 is 0 Å². The second-order valence-electron chi connectivity index (χ2n) is 2.71. The van der Waals surface area contributed by atoms with Crippen LogP contribution in [0.1, 0.15) is 29.3 Å². The van der Waals surface area contributed by atoms with Crippen LogP contribution in [-0.4, -0.2) is 17.6 Å². The molecule has 0 unspecified atom stereocenters. The molecule has 0 fully saturated rings. The number of pyridine rings is 1. The van der Waals surface area contributed by atoms with Crippen LogP contribution in [0.5, 0.6) is 0 Å². The van der Waals surface area contributed by atoms with Crippen molar-refractivity contribution in [3.63, 3.8) is 0 Å². The molecule has 1 aromatic heterocycles. The summed E-state index contributed by atoms with van der Waals surface area (Å²) in [5.41, 5.74) is -0.551. The predicted molar refractivity (Wildman–Crippen MR) is 65.6 cm³/mol. The molecule has 88 valence electrons. The van der Waals surface area contributed by atoms with Crippen LogP contribution in [0.15, 0.2) is 10.7 Å². The van der Waals surface area contributed by atoms with Crippen LogP contribution in [0, 0.1) is 3.70 Å². The number of esters is 1. The van der Waals surface area contributed by atoms with Gasteiger partial charge in [0.15, 0.2) is 0 Å². The number of rotatable bonds is 3. The summed E-state index contributed by atoms with van der Waals surface area (Å²) in [6.45, 7) is 1.74. The summed E-state index contributed by atoms with van der Waals surface area (Å²) in [6, 6.07) is 0. The number of aromatic nitrogens is 1. The highest BCUT2D eigenvalue weighted by Gasteiger charge is 2.25. The minimum Gasteiger partial charge on any atom is -0.462 e. The average molecular weight is 406 g/mol. The van der Waals surface area contributed by atoms with Gasteiger partial charge in [0.2, 0.25) is 0 Å². The lowest BCUT2D eigenvalue weighted by atomic mass is 10.1. The lowest BCUT2D eigenvalue weighted by molar-refractivity contribution is 0.0513. The minimum atomic E-state index is -2.77. The van der Waals surface area contributed by atoms with Crippen LogP contribution < -0.4 is 0 Å². The molecule has 0 atom stereocenters. The third kappa shape index (κ3) is 2.88. The van der Waals surface area contributed by atoms with Crippen molar-refractivity contribution >= 4 is 44.5 Å². The van der Waals surface area contributed by atoms with Crippen molar-refractivity contribution in [2.75, 3.05) is 6.61 Å². The number of halogens is 4. The Bertz CT molecular complexity index is 415. The van der Waals surface area contributed by atoms with Crippen LogP contribution in [0.2, 0.25) is 0 Å². The fourth-order valence-corrected chi connectivity index (χ4v) is 2.21. The van der Waals surface area contributed by atoms with Crippen molar-refractivity contribution in [1.29, 1.82) is 0 Å². The van der Waals surface area contributed by atoms with Crippen LogP contribution in [0.3, 0.4) is 0 Å². The first-order valence-corrected chi connectivity index (χ1v) is 6.15. The van der Waals surface area contributed by atoms with Gasteiger partial charge in [0.05, 0.1) is 22.2 Å². The quantitative estimate of drug-likeness (QED) is 0.438. The van der Waals surface area contributed by atoms with Gasteiger partial charge in [-0.25, -0.2) is 18.6 Å². The van der Waals surface area contributed by atoms with Crippen molar-refractivity contribution < 1.29 is 18.3 Å². The number of hydrogen-bond donors (Lipinski definition) is 0. The van der Waals surface area contributed by atoms with Gasteiger partial charge in [-0.1, -0.05) is 0 Å². The highest BCUT2D eigenvalue weighted by Crippen LogP contribution is 2.31. The highest BCUT2D eigenvalue weighted by molar-refractivity contribution is 14.1. The number of carbonyl (C=O) groups excluding carboxylic acids is 1. The molecule has 1 aromatic rings. The molecule has 7 heteroatoms.